The van der Waals surface area contributed by atoms with Crippen LogP contribution in [0.3, 0.4) is 0 Å². The van der Waals surface area contributed by atoms with Crippen LogP contribution in [-0.2, 0) is 6.54 Å². The summed E-state index contributed by atoms with van der Waals surface area (Å²) in [4.78, 5) is 0. The van der Waals surface area contributed by atoms with Gasteiger partial charge in [-0.05, 0) is 37.9 Å². The van der Waals surface area contributed by atoms with Gasteiger partial charge in [0.05, 0.1) is 0 Å². The summed E-state index contributed by atoms with van der Waals surface area (Å²) in [5.41, 5.74) is 0.952. The Kier molecular flexibility index (Phi) is 6.81. The van der Waals surface area contributed by atoms with Gasteiger partial charge in [-0.25, -0.2) is 0 Å². The molecule has 90 valence electrons. The van der Waals surface area contributed by atoms with E-state index in [-0.39, 0.29) is 6.61 Å². The highest BCUT2D eigenvalue weighted by Gasteiger charge is 2.03. The van der Waals surface area contributed by atoms with Gasteiger partial charge in [0.15, 0.2) is 0 Å². The van der Waals surface area contributed by atoms with Gasteiger partial charge in [-0.3, -0.25) is 0 Å². The second-order valence-corrected chi connectivity index (χ2v) is 4.48. The molecule has 0 atom stereocenters. The van der Waals surface area contributed by atoms with Gasteiger partial charge in [0.2, 0.25) is 0 Å². The van der Waals surface area contributed by atoms with Crippen molar-refractivity contribution in [3.63, 3.8) is 0 Å². The Morgan fingerprint density at radius 3 is 2.38 bits per heavy atom. The molecule has 0 radical (unpaired) electrons. The van der Waals surface area contributed by atoms with E-state index in [0.29, 0.717) is 16.6 Å². The predicted molar refractivity (Wildman–Crippen MR) is 69.1 cm³/mol. The summed E-state index contributed by atoms with van der Waals surface area (Å²) in [6.45, 7) is 1.88. The molecule has 0 aromatic heterocycles. The maximum absolute atomic E-state index is 8.62. The fraction of sp³-hybridized carbons (Fsp3) is 0.500. The Balaban J connectivity index is 2.26. The van der Waals surface area contributed by atoms with Crippen LogP contribution in [0.25, 0.3) is 0 Å². The molecular weight excluding hydrogens is 245 g/mol. The molecule has 1 rings (SSSR count). The first-order valence-corrected chi connectivity index (χ1v) is 6.25. The average Bonchev–Trinajstić information content (AvgIpc) is 2.26. The summed E-state index contributed by atoms with van der Waals surface area (Å²) in [6.07, 6.45) is 2.97. The minimum absolute atomic E-state index is 0.274. The lowest BCUT2D eigenvalue weighted by Gasteiger charge is -2.08. The largest absolute Gasteiger partial charge is 0.396 e. The van der Waals surface area contributed by atoms with Crippen LogP contribution in [0.2, 0.25) is 10.0 Å². The predicted octanol–water partition coefficient (Wildman–Crippen LogP) is 3.25. The van der Waals surface area contributed by atoms with E-state index in [2.05, 4.69) is 5.32 Å². The van der Waals surface area contributed by atoms with Crippen molar-refractivity contribution in [2.45, 2.75) is 25.8 Å². The van der Waals surface area contributed by atoms with Gasteiger partial charge in [-0.1, -0.05) is 29.3 Å². The van der Waals surface area contributed by atoms with Crippen LogP contribution < -0.4 is 5.32 Å². The van der Waals surface area contributed by atoms with Crippen molar-refractivity contribution in [1.29, 1.82) is 0 Å². The number of rotatable bonds is 7. The summed E-state index contributed by atoms with van der Waals surface area (Å²) < 4.78 is 0. The third-order valence-corrected chi connectivity index (χ3v) is 3.08. The first-order valence-electron chi connectivity index (χ1n) is 5.50. The number of halogens is 2. The van der Waals surface area contributed by atoms with E-state index < -0.39 is 0 Å². The lowest BCUT2D eigenvalue weighted by molar-refractivity contribution is 0.283. The molecule has 0 aliphatic carbocycles. The SMILES string of the molecule is OCCCCCNCc1c(Cl)cccc1Cl. The maximum Gasteiger partial charge on any atom is 0.0465 e. The Bertz CT molecular complexity index is 298. The summed E-state index contributed by atoms with van der Waals surface area (Å²) >= 11 is 12.1. The van der Waals surface area contributed by atoms with Crippen LogP contribution in [0.5, 0.6) is 0 Å². The number of aliphatic hydroxyl groups is 1. The fourth-order valence-corrected chi connectivity index (χ4v) is 1.98. The third-order valence-electron chi connectivity index (χ3n) is 2.38. The zero-order valence-corrected chi connectivity index (χ0v) is 10.7. The lowest BCUT2D eigenvalue weighted by atomic mass is 10.2. The minimum Gasteiger partial charge on any atom is -0.396 e. The van der Waals surface area contributed by atoms with Crippen LogP contribution in [0.4, 0.5) is 0 Å². The topological polar surface area (TPSA) is 32.3 Å². The van der Waals surface area contributed by atoms with Crippen molar-refractivity contribution in [2.75, 3.05) is 13.2 Å². The molecule has 0 heterocycles. The van der Waals surface area contributed by atoms with Crippen LogP contribution >= 0.6 is 23.2 Å². The highest BCUT2D eigenvalue weighted by atomic mass is 35.5. The van der Waals surface area contributed by atoms with E-state index in [9.17, 15) is 0 Å². The molecule has 16 heavy (non-hydrogen) atoms. The highest BCUT2D eigenvalue weighted by molar-refractivity contribution is 6.35. The smallest absolute Gasteiger partial charge is 0.0465 e. The highest BCUT2D eigenvalue weighted by Crippen LogP contribution is 2.23. The molecule has 0 saturated carbocycles. The first kappa shape index (κ1) is 13.8. The Morgan fingerprint density at radius 2 is 1.75 bits per heavy atom. The maximum atomic E-state index is 8.62. The van der Waals surface area contributed by atoms with Crippen molar-refractivity contribution in [1.82, 2.24) is 5.32 Å². The van der Waals surface area contributed by atoms with Crippen molar-refractivity contribution in [3.8, 4) is 0 Å². The second kappa shape index (κ2) is 7.91. The van der Waals surface area contributed by atoms with Gasteiger partial charge in [0, 0.05) is 28.8 Å². The van der Waals surface area contributed by atoms with Crippen molar-refractivity contribution >= 4 is 23.2 Å². The van der Waals surface area contributed by atoms with E-state index >= 15 is 0 Å². The molecule has 2 N–H and O–H groups in total. The molecular formula is C12H17Cl2NO. The number of unbranched alkanes of at least 4 members (excludes halogenated alkanes) is 2. The van der Waals surface area contributed by atoms with Crippen LogP contribution in [-0.4, -0.2) is 18.3 Å². The Morgan fingerprint density at radius 1 is 1.06 bits per heavy atom. The number of nitrogens with one attached hydrogen (secondary N) is 1. The van der Waals surface area contributed by atoms with Crippen molar-refractivity contribution < 1.29 is 5.11 Å². The average molecular weight is 262 g/mol. The molecule has 0 spiro atoms. The van der Waals surface area contributed by atoms with Crippen molar-refractivity contribution in [3.05, 3.63) is 33.8 Å². The zero-order chi connectivity index (χ0) is 11.8. The van der Waals surface area contributed by atoms with Crippen LogP contribution in [0, 0.1) is 0 Å². The lowest BCUT2D eigenvalue weighted by Crippen LogP contribution is -2.15. The van der Waals surface area contributed by atoms with E-state index in [0.717, 1.165) is 31.4 Å². The van der Waals surface area contributed by atoms with Crippen LogP contribution in [0.1, 0.15) is 24.8 Å². The zero-order valence-electron chi connectivity index (χ0n) is 9.18. The van der Waals surface area contributed by atoms with E-state index in [1.807, 2.05) is 18.2 Å². The van der Waals surface area contributed by atoms with Crippen LogP contribution in [0.15, 0.2) is 18.2 Å². The van der Waals surface area contributed by atoms with Gasteiger partial charge in [-0.2, -0.15) is 0 Å². The van der Waals surface area contributed by atoms with Gasteiger partial charge in [-0.15, -0.1) is 0 Å². The quantitative estimate of drug-likeness (QED) is 0.739. The molecule has 0 aliphatic heterocycles. The molecule has 0 unspecified atom stereocenters. The first-order chi connectivity index (χ1) is 7.75. The van der Waals surface area contributed by atoms with Gasteiger partial charge in [0.25, 0.3) is 0 Å². The second-order valence-electron chi connectivity index (χ2n) is 3.66. The molecule has 0 aliphatic rings. The monoisotopic (exact) mass is 261 g/mol. The molecule has 0 amide bonds. The Hall–Kier alpha value is -0.280. The summed E-state index contributed by atoms with van der Waals surface area (Å²) in [5.74, 6) is 0. The summed E-state index contributed by atoms with van der Waals surface area (Å²) in [5, 5.41) is 13.3. The normalized spacial score (nSPS) is 10.7. The third kappa shape index (κ3) is 4.71. The summed E-state index contributed by atoms with van der Waals surface area (Å²) in [6, 6.07) is 5.53. The number of hydrogen-bond acceptors (Lipinski definition) is 2. The molecule has 4 heteroatoms. The minimum atomic E-state index is 0.274. The van der Waals surface area contributed by atoms with E-state index in [1.54, 1.807) is 0 Å². The fourth-order valence-electron chi connectivity index (χ4n) is 1.45. The summed E-state index contributed by atoms with van der Waals surface area (Å²) in [7, 11) is 0. The molecule has 1 aromatic carbocycles. The van der Waals surface area contributed by atoms with Gasteiger partial charge >= 0.3 is 0 Å². The van der Waals surface area contributed by atoms with Gasteiger partial charge < -0.3 is 10.4 Å². The molecule has 0 fully saturated rings. The molecule has 0 bridgehead atoms. The number of hydrogen-bond donors (Lipinski definition) is 2. The molecule has 2 nitrogen and oxygen atoms in total. The van der Waals surface area contributed by atoms with E-state index in [1.165, 1.54) is 0 Å². The standard InChI is InChI=1S/C12H17Cl2NO/c13-11-5-4-6-12(14)10(11)9-15-7-2-1-3-8-16/h4-6,15-16H,1-3,7-9H2. The molecule has 0 saturated heterocycles. The number of benzene rings is 1. The van der Waals surface area contributed by atoms with Crippen molar-refractivity contribution in [2.24, 2.45) is 0 Å². The number of aliphatic hydroxyl groups excluding tert-OH is 1. The van der Waals surface area contributed by atoms with E-state index in [4.69, 9.17) is 28.3 Å². The Labute approximate surface area is 107 Å². The molecule has 1 aromatic rings. The van der Waals surface area contributed by atoms with Gasteiger partial charge in [0.1, 0.15) is 0 Å².